The van der Waals surface area contributed by atoms with E-state index in [-0.39, 0.29) is 17.0 Å². The van der Waals surface area contributed by atoms with Crippen LogP contribution in [0.2, 0.25) is 0 Å². The summed E-state index contributed by atoms with van der Waals surface area (Å²) in [5.74, 6) is 0.303. The average Bonchev–Trinajstić information content (AvgIpc) is 3.05. The number of hydrogen-bond donors (Lipinski definition) is 1. The lowest BCUT2D eigenvalue weighted by Crippen LogP contribution is -2.30. The fourth-order valence-electron chi connectivity index (χ4n) is 2.63. The van der Waals surface area contributed by atoms with Gasteiger partial charge in [0.15, 0.2) is 11.0 Å². The molecule has 5 nitrogen and oxygen atoms in total. The van der Waals surface area contributed by atoms with E-state index in [2.05, 4.69) is 15.5 Å². The van der Waals surface area contributed by atoms with Crippen molar-refractivity contribution in [2.75, 3.05) is 6.54 Å². The van der Waals surface area contributed by atoms with Gasteiger partial charge in [0.2, 0.25) is 5.91 Å². The number of nitrogens with zero attached hydrogens (tertiary/aromatic N) is 3. The summed E-state index contributed by atoms with van der Waals surface area (Å²) in [5.41, 5.74) is 1.87. The second kappa shape index (κ2) is 8.81. The van der Waals surface area contributed by atoms with Crippen LogP contribution in [0.1, 0.15) is 19.4 Å². The Morgan fingerprint density at radius 3 is 2.52 bits per heavy atom. The van der Waals surface area contributed by atoms with Gasteiger partial charge in [-0.15, -0.1) is 10.2 Å². The van der Waals surface area contributed by atoms with Crippen molar-refractivity contribution >= 4 is 17.7 Å². The summed E-state index contributed by atoms with van der Waals surface area (Å²) in [6.07, 6.45) is 0. The van der Waals surface area contributed by atoms with Crippen LogP contribution in [-0.2, 0) is 11.3 Å². The molecule has 1 amide bonds. The number of carbonyl (C=O) groups is 1. The molecule has 1 aromatic heterocycles. The molecular formula is C20H21FN4OS. The smallest absolute Gasteiger partial charge is 0.233 e. The van der Waals surface area contributed by atoms with Crippen molar-refractivity contribution < 1.29 is 9.18 Å². The van der Waals surface area contributed by atoms with Crippen LogP contribution < -0.4 is 5.32 Å². The van der Waals surface area contributed by atoms with Crippen LogP contribution in [0.3, 0.4) is 0 Å². The third-order valence-electron chi connectivity index (χ3n) is 4.01. The fraction of sp³-hybridized carbons (Fsp3) is 0.250. The van der Waals surface area contributed by atoms with Gasteiger partial charge in [0.05, 0.1) is 11.8 Å². The van der Waals surface area contributed by atoms with Crippen molar-refractivity contribution in [2.24, 2.45) is 0 Å². The van der Waals surface area contributed by atoms with Crippen LogP contribution in [0.25, 0.3) is 11.4 Å². The molecule has 0 radical (unpaired) electrons. The number of rotatable bonds is 7. The molecule has 2 aromatic carbocycles. The maximum atomic E-state index is 13.3. The van der Waals surface area contributed by atoms with Crippen molar-refractivity contribution in [1.82, 2.24) is 20.1 Å². The lowest BCUT2D eigenvalue weighted by Gasteiger charge is -2.13. The van der Waals surface area contributed by atoms with Crippen LogP contribution >= 0.6 is 11.8 Å². The minimum atomic E-state index is -0.301. The molecular weight excluding hydrogens is 363 g/mol. The van der Waals surface area contributed by atoms with Gasteiger partial charge in [-0.2, -0.15) is 0 Å². The van der Waals surface area contributed by atoms with Gasteiger partial charge in [-0.1, -0.05) is 42.1 Å². The molecule has 3 aromatic rings. The number of aromatic nitrogens is 3. The number of carbonyl (C=O) groups excluding carboxylic acids is 1. The second-order valence-corrected chi connectivity index (χ2v) is 7.35. The van der Waals surface area contributed by atoms with E-state index in [4.69, 9.17) is 0 Å². The predicted octanol–water partition coefficient (Wildman–Crippen LogP) is 3.75. The van der Waals surface area contributed by atoms with Crippen molar-refractivity contribution in [3.8, 4) is 11.4 Å². The minimum Gasteiger partial charge on any atom is -0.355 e. The van der Waals surface area contributed by atoms with Crippen LogP contribution in [-0.4, -0.2) is 32.5 Å². The lowest BCUT2D eigenvalue weighted by atomic mass is 10.2. The summed E-state index contributed by atoms with van der Waals surface area (Å²) >= 11 is 1.36. The zero-order valence-corrected chi connectivity index (χ0v) is 16.0. The largest absolute Gasteiger partial charge is 0.355 e. The minimum absolute atomic E-state index is 0.0416. The van der Waals surface area contributed by atoms with E-state index in [0.29, 0.717) is 24.1 Å². The number of nitrogens with one attached hydrogen (secondary N) is 1. The van der Waals surface area contributed by atoms with Gasteiger partial charge < -0.3 is 5.32 Å². The molecule has 0 aliphatic heterocycles. The number of thioether (sulfide) groups is 1. The Morgan fingerprint density at radius 1 is 1.15 bits per heavy atom. The molecule has 0 bridgehead atoms. The highest BCUT2D eigenvalue weighted by atomic mass is 32.2. The highest BCUT2D eigenvalue weighted by molar-refractivity contribution is 8.00. The molecule has 0 unspecified atom stereocenters. The van der Waals surface area contributed by atoms with Gasteiger partial charge in [0.25, 0.3) is 0 Å². The molecule has 0 spiro atoms. The highest BCUT2D eigenvalue weighted by Gasteiger charge is 2.20. The molecule has 1 atom stereocenters. The Hall–Kier alpha value is -2.67. The number of hydrogen-bond acceptors (Lipinski definition) is 4. The summed E-state index contributed by atoms with van der Waals surface area (Å²) in [6, 6.07) is 16.1. The highest BCUT2D eigenvalue weighted by Crippen LogP contribution is 2.28. The zero-order valence-electron chi connectivity index (χ0n) is 15.2. The predicted molar refractivity (Wildman–Crippen MR) is 105 cm³/mol. The van der Waals surface area contributed by atoms with Gasteiger partial charge in [-0.3, -0.25) is 9.36 Å². The van der Waals surface area contributed by atoms with Crippen molar-refractivity contribution in [2.45, 2.75) is 30.8 Å². The molecule has 140 valence electrons. The molecule has 3 rings (SSSR count). The zero-order chi connectivity index (χ0) is 19.2. The molecule has 1 N–H and O–H groups in total. The average molecular weight is 384 g/mol. The first-order valence-corrected chi connectivity index (χ1v) is 9.64. The van der Waals surface area contributed by atoms with Crippen LogP contribution in [0.4, 0.5) is 4.39 Å². The molecule has 0 aliphatic rings. The van der Waals surface area contributed by atoms with E-state index in [1.54, 1.807) is 12.1 Å². The van der Waals surface area contributed by atoms with Crippen molar-refractivity contribution in [3.63, 3.8) is 0 Å². The van der Waals surface area contributed by atoms with E-state index in [0.717, 1.165) is 11.1 Å². The van der Waals surface area contributed by atoms with Crippen LogP contribution in [0.15, 0.2) is 59.8 Å². The SMILES string of the molecule is CCNC(=O)[C@@H](C)Sc1nnc(-c2ccc(F)cc2)n1Cc1ccccc1. The maximum absolute atomic E-state index is 13.3. The first kappa shape index (κ1) is 19.1. The van der Waals surface area contributed by atoms with E-state index in [1.165, 1.54) is 23.9 Å². The van der Waals surface area contributed by atoms with Gasteiger partial charge in [-0.05, 0) is 43.7 Å². The summed E-state index contributed by atoms with van der Waals surface area (Å²) in [6.45, 7) is 4.88. The topological polar surface area (TPSA) is 59.8 Å². The number of halogens is 1. The van der Waals surface area contributed by atoms with E-state index in [9.17, 15) is 9.18 Å². The molecule has 0 aliphatic carbocycles. The second-order valence-electron chi connectivity index (χ2n) is 6.04. The van der Waals surface area contributed by atoms with Crippen LogP contribution in [0, 0.1) is 5.82 Å². The molecule has 0 fully saturated rings. The Labute approximate surface area is 162 Å². The van der Waals surface area contributed by atoms with Gasteiger partial charge in [0, 0.05) is 12.1 Å². The lowest BCUT2D eigenvalue weighted by molar-refractivity contribution is -0.120. The van der Waals surface area contributed by atoms with Gasteiger partial charge in [0.1, 0.15) is 5.82 Å². The fourth-order valence-corrected chi connectivity index (χ4v) is 3.50. The first-order valence-electron chi connectivity index (χ1n) is 8.76. The third-order valence-corrected chi connectivity index (χ3v) is 5.09. The molecule has 7 heteroatoms. The van der Waals surface area contributed by atoms with Crippen LogP contribution in [0.5, 0.6) is 0 Å². The normalized spacial score (nSPS) is 12.0. The Balaban J connectivity index is 1.95. The summed E-state index contributed by atoms with van der Waals surface area (Å²) < 4.78 is 15.3. The first-order chi connectivity index (χ1) is 13.1. The monoisotopic (exact) mass is 384 g/mol. The molecule has 0 saturated heterocycles. The van der Waals surface area contributed by atoms with Gasteiger partial charge >= 0.3 is 0 Å². The van der Waals surface area contributed by atoms with Crippen molar-refractivity contribution in [1.29, 1.82) is 0 Å². The third kappa shape index (κ3) is 4.74. The van der Waals surface area contributed by atoms with E-state index >= 15 is 0 Å². The molecule has 0 saturated carbocycles. The maximum Gasteiger partial charge on any atom is 0.233 e. The molecule has 1 heterocycles. The summed E-state index contributed by atoms with van der Waals surface area (Å²) in [4.78, 5) is 12.1. The van der Waals surface area contributed by atoms with E-state index < -0.39 is 0 Å². The standard InChI is InChI=1S/C20H21FN4OS/c1-3-22-19(26)14(2)27-20-24-23-18(16-9-11-17(21)12-10-16)25(20)13-15-7-5-4-6-8-15/h4-12,14H,3,13H2,1-2H3,(H,22,26)/t14-/m1/s1. The number of amides is 1. The van der Waals surface area contributed by atoms with Gasteiger partial charge in [-0.25, -0.2) is 4.39 Å². The Morgan fingerprint density at radius 2 is 1.85 bits per heavy atom. The van der Waals surface area contributed by atoms with E-state index in [1.807, 2.05) is 48.7 Å². The summed E-state index contributed by atoms with van der Waals surface area (Å²) in [7, 11) is 0. The number of benzene rings is 2. The quantitative estimate of drug-likeness (QED) is 0.630. The molecule has 27 heavy (non-hydrogen) atoms. The Bertz CT molecular complexity index is 896. The van der Waals surface area contributed by atoms with Crippen molar-refractivity contribution in [3.05, 3.63) is 66.0 Å². The Kier molecular flexibility index (Phi) is 6.24. The summed E-state index contributed by atoms with van der Waals surface area (Å²) in [5, 5.41) is 11.8.